The van der Waals surface area contributed by atoms with Crippen molar-refractivity contribution in [2.24, 2.45) is 0 Å². The Hall–Kier alpha value is -2.33. The summed E-state index contributed by atoms with van der Waals surface area (Å²) in [6.07, 6.45) is 1.06. The summed E-state index contributed by atoms with van der Waals surface area (Å²) < 4.78 is 2.12. The second kappa shape index (κ2) is 7.70. The molecule has 0 atom stereocenters. The number of carbonyl (C=O) groups is 1. The number of hydrogen-bond acceptors (Lipinski definition) is 2. The van der Waals surface area contributed by atoms with Crippen molar-refractivity contribution in [2.45, 2.75) is 39.3 Å². The molecule has 0 bridgehead atoms. The predicted molar refractivity (Wildman–Crippen MR) is 102 cm³/mol. The molecule has 25 heavy (non-hydrogen) atoms. The van der Waals surface area contributed by atoms with Gasteiger partial charge < -0.3 is 9.88 Å². The van der Waals surface area contributed by atoms with Crippen LogP contribution in [0, 0.1) is 0 Å². The van der Waals surface area contributed by atoms with Gasteiger partial charge in [-0.15, -0.1) is 0 Å². The summed E-state index contributed by atoms with van der Waals surface area (Å²) in [6.45, 7) is 4.53. The first-order chi connectivity index (χ1) is 12.0. The lowest BCUT2D eigenvalue weighted by atomic mass is 10.1. The first-order valence-corrected chi connectivity index (χ1v) is 8.89. The molecule has 130 valence electrons. The summed E-state index contributed by atoms with van der Waals surface area (Å²) in [6, 6.07) is 16.0. The fraction of sp³-hybridized carbons (Fsp3) is 0.300. The lowest BCUT2D eigenvalue weighted by Crippen LogP contribution is -2.30. The number of nitrogens with one attached hydrogen (secondary N) is 1. The van der Waals surface area contributed by atoms with Crippen LogP contribution in [0.25, 0.3) is 11.0 Å². The minimum Gasteiger partial charge on any atom is -0.354 e. The third-order valence-electron chi connectivity index (χ3n) is 4.05. The standard InChI is InChI=1S/C20H22ClN3O/c1-14(2)22-20(25)11-12-24-18-10-6-5-9-17(18)23-19(24)13-15-7-3-4-8-16(15)21/h3-10,14H,11-13H2,1-2H3,(H,22,25). The molecule has 0 unspecified atom stereocenters. The zero-order chi connectivity index (χ0) is 17.8. The molecule has 0 fully saturated rings. The van der Waals surface area contributed by atoms with E-state index in [0.717, 1.165) is 27.4 Å². The van der Waals surface area contributed by atoms with E-state index >= 15 is 0 Å². The number of imidazole rings is 1. The molecule has 1 amide bonds. The van der Waals surface area contributed by atoms with Crippen LogP contribution in [0.2, 0.25) is 5.02 Å². The van der Waals surface area contributed by atoms with Crippen LogP contribution in [0.3, 0.4) is 0 Å². The molecule has 0 aliphatic heterocycles. The van der Waals surface area contributed by atoms with Crippen molar-refractivity contribution in [2.75, 3.05) is 0 Å². The number of nitrogens with zero attached hydrogens (tertiary/aromatic N) is 2. The maximum absolute atomic E-state index is 12.0. The highest BCUT2D eigenvalue weighted by Crippen LogP contribution is 2.22. The molecule has 5 heteroatoms. The fourth-order valence-electron chi connectivity index (χ4n) is 2.93. The molecule has 1 N–H and O–H groups in total. The number of aryl methyl sites for hydroxylation is 1. The minimum atomic E-state index is 0.0523. The van der Waals surface area contributed by atoms with Crippen LogP contribution < -0.4 is 5.32 Å². The predicted octanol–water partition coefficient (Wildman–Crippen LogP) is 4.20. The number of aromatic nitrogens is 2. The largest absolute Gasteiger partial charge is 0.354 e. The lowest BCUT2D eigenvalue weighted by Gasteiger charge is -2.12. The molecule has 0 saturated heterocycles. The number of carbonyl (C=O) groups excluding carboxylic acids is 1. The van der Waals surface area contributed by atoms with Crippen molar-refractivity contribution in [3.8, 4) is 0 Å². The molecule has 0 saturated carbocycles. The third-order valence-corrected chi connectivity index (χ3v) is 4.42. The lowest BCUT2D eigenvalue weighted by molar-refractivity contribution is -0.121. The first kappa shape index (κ1) is 17.5. The molecule has 0 aliphatic carbocycles. The summed E-state index contributed by atoms with van der Waals surface area (Å²) in [4.78, 5) is 16.8. The maximum atomic E-state index is 12.0. The van der Waals surface area contributed by atoms with E-state index in [2.05, 4.69) is 9.88 Å². The number of amides is 1. The highest BCUT2D eigenvalue weighted by molar-refractivity contribution is 6.31. The van der Waals surface area contributed by atoms with Crippen LogP contribution in [0.5, 0.6) is 0 Å². The van der Waals surface area contributed by atoms with E-state index in [-0.39, 0.29) is 11.9 Å². The van der Waals surface area contributed by atoms with Gasteiger partial charge in [0.1, 0.15) is 5.82 Å². The van der Waals surface area contributed by atoms with Crippen molar-refractivity contribution in [1.29, 1.82) is 0 Å². The average Bonchev–Trinajstić information content (AvgIpc) is 2.92. The molecule has 2 aromatic carbocycles. The Morgan fingerprint density at radius 2 is 1.88 bits per heavy atom. The van der Waals surface area contributed by atoms with E-state index in [4.69, 9.17) is 16.6 Å². The second-order valence-electron chi connectivity index (χ2n) is 6.41. The van der Waals surface area contributed by atoms with Crippen molar-refractivity contribution in [1.82, 2.24) is 14.9 Å². The zero-order valence-electron chi connectivity index (χ0n) is 14.5. The monoisotopic (exact) mass is 355 g/mol. The molecule has 1 aromatic heterocycles. The van der Waals surface area contributed by atoms with E-state index in [1.807, 2.05) is 62.4 Å². The molecule has 0 spiro atoms. The Kier molecular flexibility index (Phi) is 5.39. The van der Waals surface area contributed by atoms with Crippen LogP contribution >= 0.6 is 11.6 Å². The highest BCUT2D eigenvalue weighted by Gasteiger charge is 2.14. The molecule has 4 nitrogen and oxygen atoms in total. The molecule has 0 aliphatic rings. The fourth-order valence-corrected chi connectivity index (χ4v) is 3.13. The topological polar surface area (TPSA) is 46.9 Å². The minimum absolute atomic E-state index is 0.0523. The van der Waals surface area contributed by atoms with Gasteiger partial charge in [-0.25, -0.2) is 4.98 Å². The highest BCUT2D eigenvalue weighted by atomic mass is 35.5. The van der Waals surface area contributed by atoms with Gasteiger partial charge in [0.05, 0.1) is 11.0 Å². The van der Waals surface area contributed by atoms with Gasteiger partial charge in [0.15, 0.2) is 0 Å². The van der Waals surface area contributed by atoms with E-state index in [9.17, 15) is 4.79 Å². The molecule has 0 radical (unpaired) electrons. The van der Waals surface area contributed by atoms with Gasteiger partial charge in [0.25, 0.3) is 0 Å². The number of para-hydroxylation sites is 2. The summed E-state index contributed by atoms with van der Waals surface area (Å²) in [5, 5.41) is 3.67. The first-order valence-electron chi connectivity index (χ1n) is 8.51. The van der Waals surface area contributed by atoms with E-state index < -0.39 is 0 Å². The van der Waals surface area contributed by atoms with E-state index in [1.54, 1.807) is 0 Å². The van der Waals surface area contributed by atoms with Gasteiger partial charge in [-0.05, 0) is 37.6 Å². The van der Waals surface area contributed by atoms with Crippen molar-refractivity contribution >= 4 is 28.5 Å². The van der Waals surface area contributed by atoms with E-state index in [1.165, 1.54) is 0 Å². The third kappa shape index (κ3) is 4.20. The Morgan fingerprint density at radius 3 is 2.64 bits per heavy atom. The average molecular weight is 356 g/mol. The van der Waals surface area contributed by atoms with Gasteiger partial charge in [0, 0.05) is 30.5 Å². The Balaban J connectivity index is 1.89. The number of halogens is 1. The molecular formula is C20H22ClN3O. The summed E-state index contributed by atoms with van der Waals surface area (Å²) >= 11 is 6.31. The van der Waals surface area contributed by atoms with Gasteiger partial charge in [-0.2, -0.15) is 0 Å². The van der Waals surface area contributed by atoms with E-state index in [0.29, 0.717) is 19.4 Å². The van der Waals surface area contributed by atoms with Crippen LogP contribution in [0.1, 0.15) is 31.7 Å². The molecule has 3 aromatic rings. The second-order valence-corrected chi connectivity index (χ2v) is 6.82. The Bertz CT molecular complexity index is 886. The molecular weight excluding hydrogens is 334 g/mol. The van der Waals surface area contributed by atoms with Crippen molar-refractivity contribution < 1.29 is 4.79 Å². The van der Waals surface area contributed by atoms with Gasteiger partial charge >= 0.3 is 0 Å². The van der Waals surface area contributed by atoms with Crippen molar-refractivity contribution in [3.63, 3.8) is 0 Å². The number of rotatable bonds is 6. The molecule has 1 heterocycles. The van der Waals surface area contributed by atoms with Crippen LogP contribution in [0.15, 0.2) is 48.5 Å². The Morgan fingerprint density at radius 1 is 1.16 bits per heavy atom. The van der Waals surface area contributed by atoms with Gasteiger partial charge in [-0.1, -0.05) is 41.9 Å². The number of fused-ring (bicyclic) bond motifs is 1. The van der Waals surface area contributed by atoms with Gasteiger partial charge in [0.2, 0.25) is 5.91 Å². The maximum Gasteiger partial charge on any atom is 0.221 e. The zero-order valence-corrected chi connectivity index (χ0v) is 15.3. The summed E-state index contributed by atoms with van der Waals surface area (Å²) in [7, 11) is 0. The van der Waals surface area contributed by atoms with Crippen LogP contribution in [-0.2, 0) is 17.8 Å². The summed E-state index contributed by atoms with van der Waals surface area (Å²) in [5.41, 5.74) is 3.02. The number of hydrogen-bond donors (Lipinski definition) is 1. The Labute approximate surface area is 152 Å². The quantitative estimate of drug-likeness (QED) is 0.720. The smallest absolute Gasteiger partial charge is 0.221 e. The van der Waals surface area contributed by atoms with Crippen molar-refractivity contribution in [3.05, 3.63) is 64.9 Å². The van der Waals surface area contributed by atoms with Gasteiger partial charge in [-0.3, -0.25) is 4.79 Å². The number of benzene rings is 2. The summed E-state index contributed by atoms with van der Waals surface area (Å²) in [5.74, 6) is 0.975. The SMILES string of the molecule is CC(C)NC(=O)CCn1c(Cc2ccccc2Cl)nc2ccccc21. The molecule has 3 rings (SSSR count). The van der Waals surface area contributed by atoms with Crippen LogP contribution in [-0.4, -0.2) is 21.5 Å². The normalized spacial score (nSPS) is 11.2. The van der Waals surface area contributed by atoms with Crippen LogP contribution in [0.4, 0.5) is 0 Å².